The Bertz CT molecular complexity index is 827. The summed E-state index contributed by atoms with van der Waals surface area (Å²) in [6.07, 6.45) is 0. The lowest BCUT2D eigenvalue weighted by molar-refractivity contribution is 1.09. The van der Waals surface area contributed by atoms with E-state index in [1.807, 2.05) is 29.7 Å². The molecule has 6 heteroatoms. The van der Waals surface area contributed by atoms with E-state index in [0.717, 1.165) is 26.8 Å². The summed E-state index contributed by atoms with van der Waals surface area (Å²) in [5, 5.41) is 0.947. The van der Waals surface area contributed by atoms with Gasteiger partial charge in [-0.3, -0.25) is 4.57 Å². The zero-order valence-corrected chi connectivity index (χ0v) is 13.6. The van der Waals surface area contributed by atoms with Crippen molar-refractivity contribution < 1.29 is 0 Å². The van der Waals surface area contributed by atoms with Crippen LogP contribution < -0.4 is 5.73 Å². The van der Waals surface area contributed by atoms with Gasteiger partial charge >= 0.3 is 0 Å². The van der Waals surface area contributed by atoms with E-state index >= 15 is 0 Å². The Morgan fingerprint density at radius 1 is 1.20 bits per heavy atom. The number of benzene rings is 2. The van der Waals surface area contributed by atoms with Gasteiger partial charge in [-0.05, 0) is 36.8 Å². The highest BCUT2D eigenvalue weighted by Crippen LogP contribution is 2.33. The molecule has 0 aliphatic carbocycles. The molecule has 0 aliphatic rings. The number of nitrogens with zero attached hydrogens (tertiary/aromatic N) is 2. The van der Waals surface area contributed by atoms with Crippen molar-refractivity contribution >= 4 is 56.1 Å². The van der Waals surface area contributed by atoms with Crippen LogP contribution >= 0.6 is 39.1 Å². The fourth-order valence-corrected chi connectivity index (χ4v) is 2.85. The summed E-state index contributed by atoms with van der Waals surface area (Å²) in [5.74, 6) is 0.402. The van der Waals surface area contributed by atoms with Gasteiger partial charge in [0, 0.05) is 4.47 Å². The molecule has 2 aromatic carbocycles. The van der Waals surface area contributed by atoms with Crippen LogP contribution in [0.25, 0.3) is 16.7 Å². The molecule has 0 saturated carbocycles. The molecule has 1 aromatic heterocycles. The summed E-state index contributed by atoms with van der Waals surface area (Å²) < 4.78 is 2.88. The highest BCUT2D eigenvalue weighted by molar-refractivity contribution is 9.10. The summed E-state index contributed by atoms with van der Waals surface area (Å²) >= 11 is 15.7. The maximum Gasteiger partial charge on any atom is 0.205 e. The van der Waals surface area contributed by atoms with Gasteiger partial charge in [0.25, 0.3) is 0 Å². The van der Waals surface area contributed by atoms with Crippen molar-refractivity contribution in [3.63, 3.8) is 0 Å². The van der Waals surface area contributed by atoms with Gasteiger partial charge in [0.2, 0.25) is 5.95 Å². The van der Waals surface area contributed by atoms with Crippen molar-refractivity contribution in [2.45, 2.75) is 6.92 Å². The van der Waals surface area contributed by atoms with Gasteiger partial charge in [-0.2, -0.15) is 0 Å². The zero-order valence-electron chi connectivity index (χ0n) is 10.5. The summed E-state index contributed by atoms with van der Waals surface area (Å²) in [6.45, 7) is 2.02. The molecule has 0 radical (unpaired) electrons. The number of nitrogens with two attached hydrogens (primary N) is 1. The number of rotatable bonds is 1. The van der Waals surface area contributed by atoms with Gasteiger partial charge in [0.1, 0.15) is 0 Å². The molecule has 2 N–H and O–H groups in total. The molecule has 0 unspecified atom stereocenters. The van der Waals surface area contributed by atoms with Crippen molar-refractivity contribution in [1.29, 1.82) is 0 Å². The topological polar surface area (TPSA) is 43.8 Å². The average molecular weight is 371 g/mol. The van der Waals surface area contributed by atoms with Crippen LogP contribution in [0.4, 0.5) is 5.95 Å². The molecular formula is C14H10BrCl2N3. The first-order valence-electron chi connectivity index (χ1n) is 5.87. The molecule has 0 aliphatic heterocycles. The number of nitrogen functional groups attached to an aromatic ring is 1. The maximum absolute atomic E-state index is 6.10. The zero-order chi connectivity index (χ0) is 14.4. The minimum atomic E-state index is 0.402. The van der Waals surface area contributed by atoms with E-state index in [0.29, 0.717) is 16.0 Å². The standard InChI is InChI=1S/C14H10BrCl2N3/c1-7-8(15)3-2-4-12(7)20-13-6-10(17)9(16)5-11(13)19-14(20)18/h2-6H,1H3,(H2,18,19). The maximum atomic E-state index is 6.10. The highest BCUT2D eigenvalue weighted by Gasteiger charge is 2.14. The monoisotopic (exact) mass is 369 g/mol. The largest absolute Gasteiger partial charge is 0.369 e. The van der Waals surface area contributed by atoms with Crippen LogP contribution in [0.3, 0.4) is 0 Å². The Kier molecular flexibility index (Phi) is 3.40. The summed E-state index contributed by atoms with van der Waals surface area (Å²) in [5.41, 5.74) is 9.64. The Morgan fingerprint density at radius 3 is 2.65 bits per heavy atom. The predicted octanol–water partition coefficient (Wildman–Crippen LogP) is 4.99. The summed E-state index contributed by atoms with van der Waals surface area (Å²) in [7, 11) is 0. The molecule has 3 nitrogen and oxygen atoms in total. The molecule has 1 heterocycles. The minimum Gasteiger partial charge on any atom is -0.369 e. The number of fused-ring (bicyclic) bond motifs is 1. The molecule has 0 spiro atoms. The second kappa shape index (κ2) is 4.95. The third kappa shape index (κ3) is 2.08. The summed E-state index contributed by atoms with van der Waals surface area (Å²) in [4.78, 5) is 4.34. The lowest BCUT2D eigenvalue weighted by Crippen LogP contribution is -2.02. The van der Waals surface area contributed by atoms with E-state index < -0.39 is 0 Å². The number of halogens is 3. The van der Waals surface area contributed by atoms with Gasteiger partial charge in [-0.25, -0.2) is 4.98 Å². The van der Waals surface area contributed by atoms with Gasteiger partial charge < -0.3 is 5.73 Å². The van der Waals surface area contributed by atoms with Gasteiger partial charge in [-0.15, -0.1) is 0 Å². The van der Waals surface area contributed by atoms with Crippen LogP contribution in [0, 0.1) is 6.92 Å². The molecular weight excluding hydrogens is 361 g/mol. The van der Waals surface area contributed by atoms with Gasteiger partial charge in [-0.1, -0.05) is 45.2 Å². The van der Waals surface area contributed by atoms with E-state index in [4.69, 9.17) is 28.9 Å². The Morgan fingerprint density at radius 2 is 1.90 bits per heavy atom. The first-order chi connectivity index (χ1) is 9.49. The van der Waals surface area contributed by atoms with Gasteiger partial charge in [0.15, 0.2) is 0 Å². The smallest absolute Gasteiger partial charge is 0.205 e. The Hall–Kier alpha value is -1.23. The van der Waals surface area contributed by atoms with Crippen LogP contribution in [0.15, 0.2) is 34.8 Å². The molecule has 20 heavy (non-hydrogen) atoms. The van der Waals surface area contributed by atoms with E-state index in [2.05, 4.69) is 20.9 Å². The van der Waals surface area contributed by atoms with E-state index in [1.165, 1.54) is 0 Å². The third-order valence-corrected chi connectivity index (χ3v) is 4.78. The van der Waals surface area contributed by atoms with Crippen molar-refractivity contribution in [3.8, 4) is 5.69 Å². The molecule has 0 amide bonds. The normalized spacial score (nSPS) is 11.2. The molecule has 0 bridgehead atoms. The number of anilines is 1. The van der Waals surface area contributed by atoms with E-state index in [1.54, 1.807) is 12.1 Å². The Labute approximate surface area is 134 Å². The number of hydrogen-bond acceptors (Lipinski definition) is 2. The molecule has 0 saturated heterocycles. The second-order valence-electron chi connectivity index (χ2n) is 4.44. The number of imidazole rings is 1. The first-order valence-corrected chi connectivity index (χ1v) is 7.42. The number of aromatic nitrogens is 2. The molecule has 3 rings (SSSR count). The quantitative estimate of drug-likeness (QED) is 0.656. The molecule has 0 fully saturated rings. The van der Waals surface area contributed by atoms with E-state index in [-0.39, 0.29) is 0 Å². The van der Waals surface area contributed by atoms with Crippen molar-refractivity contribution in [3.05, 3.63) is 50.4 Å². The van der Waals surface area contributed by atoms with Crippen LogP contribution in [0.1, 0.15) is 5.56 Å². The predicted molar refractivity (Wildman–Crippen MR) is 87.9 cm³/mol. The van der Waals surface area contributed by atoms with Crippen molar-refractivity contribution in [1.82, 2.24) is 9.55 Å². The highest BCUT2D eigenvalue weighted by atomic mass is 79.9. The molecule has 0 atom stereocenters. The van der Waals surface area contributed by atoms with Crippen LogP contribution in [-0.4, -0.2) is 9.55 Å². The fraction of sp³-hybridized carbons (Fsp3) is 0.0714. The second-order valence-corrected chi connectivity index (χ2v) is 6.11. The first kappa shape index (κ1) is 13.7. The average Bonchev–Trinajstić information content (AvgIpc) is 2.69. The van der Waals surface area contributed by atoms with Crippen LogP contribution in [-0.2, 0) is 0 Å². The minimum absolute atomic E-state index is 0.402. The van der Waals surface area contributed by atoms with Crippen LogP contribution in [0.2, 0.25) is 10.0 Å². The van der Waals surface area contributed by atoms with E-state index in [9.17, 15) is 0 Å². The van der Waals surface area contributed by atoms with Crippen molar-refractivity contribution in [2.75, 3.05) is 5.73 Å². The number of hydrogen-bond donors (Lipinski definition) is 1. The van der Waals surface area contributed by atoms with Crippen LogP contribution in [0.5, 0.6) is 0 Å². The lowest BCUT2D eigenvalue weighted by Gasteiger charge is -2.11. The van der Waals surface area contributed by atoms with Crippen molar-refractivity contribution in [2.24, 2.45) is 0 Å². The van der Waals surface area contributed by atoms with Gasteiger partial charge in [0.05, 0.1) is 26.8 Å². The summed E-state index contributed by atoms with van der Waals surface area (Å²) in [6, 6.07) is 9.43. The molecule has 102 valence electrons. The Balaban J connectivity index is 2.39. The fourth-order valence-electron chi connectivity index (χ4n) is 2.18. The lowest BCUT2D eigenvalue weighted by atomic mass is 10.2. The third-order valence-electron chi connectivity index (χ3n) is 3.20. The SMILES string of the molecule is Cc1c(Br)cccc1-n1c(N)nc2cc(Cl)c(Cl)cc21. The molecule has 3 aromatic rings.